The summed E-state index contributed by atoms with van der Waals surface area (Å²) in [5, 5.41) is 0. The number of para-hydroxylation sites is 1. The average Bonchev–Trinajstić information content (AvgIpc) is 3.36. The molecular formula is C29H27N3O4S. The Balaban J connectivity index is 1.75. The van der Waals surface area contributed by atoms with Crippen LogP contribution in [-0.4, -0.2) is 29.6 Å². The Morgan fingerprint density at radius 3 is 2.54 bits per heavy atom. The number of allylic oxidation sites excluding steroid dienone is 2. The molecule has 5 rings (SSSR count). The van der Waals surface area contributed by atoms with Crippen molar-refractivity contribution in [2.45, 2.75) is 33.2 Å². The highest BCUT2D eigenvalue weighted by Gasteiger charge is 2.35. The summed E-state index contributed by atoms with van der Waals surface area (Å²) in [5.74, 6) is -0.702. The standard InChI is InChI=1S/C29H27N3O4S/c1-4-17-31-21-14-10-9-13-20(21)24(26(31)33)25-27(34)32-22(16-15-19-11-7-6-8-12-19)23(28(35)36-5-2)18(3)30-29(32)37-25/h6-16,22H,4-5,17H2,1-3H3. The van der Waals surface area contributed by atoms with Crippen LogP contribution in [0.5, 0.6) is 0 Å². The molecule has 1 atom stereocenters. The van der Waals surface area contributed by atoms with Gasteiger partial charge in [-0.2, -0.15) is 0 Å². The highest BCUT2D eigenvalue weighted by atomic mass is 32.1. The van der Waals surface area contributed by atoms with Gasteiger partial charge in [-0.15, -0.1) is 0 Å². The molecule has 188 valence electrons. The number of esters is 1. The number of amides is 1. The van der Waals surface area contributed by atoms with E-state index in [4.69, 9.17) is 4.74 Å². The molecular weight excluding hydrogens is 486 g/mol. The first kappa shape index (κ1) is 24.6. The number of carbonyl (C=O) groups is 2. The molecule has 0 bridgehead atoms. The van der Waals surface area contributed by atoms with Crippen molar-refractivity contribution in [2.75, 3.05) is 18.1 Å². The zero-order chi connectivity index (χ0) is 26.1. The monoisotopic (exact) mass is 513 g/mol. The number of anilines is 1. The molecule has 0 radical (unpaired) electrons. The zero-order valence-corrected chi connectivity index (χ0v) is 21.7. The van der Waals surface area contributed by atoms with E-state index in [1.54, 1.807) is 18.7 Å². The van der Waals surface area contributed by atoms with Crippen molar-refractivity contribution in [3.8, 4) is 0 Å². The highest BCUT2D eigenvalue weighted by molar-refractivity contribution is 7.07. The first-order chi connectivity index (χ1) is 18.0. The third kappa shape index (κ3) is 4.27. The Morgan fingerprint density at radius 1 is 1.08 bits per heavy atom. The van der Waals surface area contributed by atoms with E-state index in [-0.39, 0.29) is 18.1 Å². The van der Waals surface area contributed by atoms with Gasteiger partial charge in [0.25, 0.3) is 11.5 Å². The van der Waals surface area contributed by atoms with E-state index in [9.17, 15) is 14.4 Å². The molecule has 1 amide bonds. The molecule has 0 saturated heterocycles. The van der Waals surface area contributed by atoms with E-state index in [2.05, 4.69) is 4.99 Å². The van der Waals surface area contributed by atoms with E-state index in [0.29, 0.717) is 32.7 Å². The minimum absolute atomic E-state index is 0.189. The van der Waals surface area contributed by atoms with Gasteiger partial charge in [-0.25, -0.2) is 9.79 Å². The van der Waals surface area contributed by atoms with Gasteiger partial charge in [0.1, 0.15) is 4.53 Å². The molecule has 3 heterocycles. The van der Waals surface area contributed by atoms with Crippen LogP contribution < -0.4 is 19.8 Å². The van der Waals surface area contributed by atoms with Crippen LogP contribution in [-0.2, 0) is 14.3 Å². The second-order valence-corrected chi connectivity index (χ2v) is 9.76. The first-order valence-electron chi connectivity index (χ1n) is 12.3. The van der Waals surface area contributed by atoms with Crippen LogP contribution in [0.2, 0.25) is 0 Å². The van der Waals surface area contributed by atoms with Crippen molar-refractivity contribution in [2.24, 2.45) is 4.99 Å². The van der Waals surface area contributed by atoms with E-state index < -0.39 is 12.0 Å². The molecule has 2 aromatic carbocycles. The number of nitrogens with zero attached hydrogens (tertiary/aromatic N) is 3. The Hall–Kier alpha value is -4.04. The van der Waals surface area contributed by atoms with E-state index in [0.717, 1.165) is 23.2 Å². The van der Waals surface area contributed by atoms with Crippen molar-refractivity contribution in [1.29, 1.82) is 0 Å². The number of aromatic nitrogens is 1. The summed E-state index contributed by atoms with van der Waals surface area (Å²) >= 11 is 1.18. The minimum Gasteiger partial charge on any atom is -0.463 e. The predicted octanol–water partition coefficient (Wildman–Crippen LogP) is 3.59. The van der Waals surface area contributed by atoms with Crippen LogP contribution in [0, 0.1) is 0 Å². The molecule has 2 aliphatic rings. The molecule has 0 spiro atoms. The van der Waals surface area contributed by atoms with Crippen molar-refractivity contribution < 1.29 is 14.3 Å². The third-order valence-electron chi connectivity index (χ3n) is 6.40. The summed E-state index contributed by atoms with van der Waals surface area (Å²) in [6, 6.07) is 16.5. The summed E-state index contributed by atoms with van der Waals surface area (Å²) < 4.78 is 7.16. The van der Waals surface area contributed by atoms with E-state index in [1.165, 1.54) is 15.9 Å². The van der Waals surface area contributed by atoms with Gasteiger partial charge in [-0.1, -0.05) is 78.9 Å². The summed E-state index contributed by atoms with van der Waals surface area (Å²) in [4.78, 5) is 47.3. The molecule has 1 unspecified atom stereocenters. The van der Waals surface area contributed by atoms with Crippen LogP contribution in [0.25, 0.3) is 11.6 Å². The number of hydrogen-bond donors (Lipinski definition) is 0. The zero-order valence-electron chi connectivity index (χ0n) is 20.9. The van der Waals surface area contributed by atoms with Gasteiger partial charge in [0.15, 0.2) is 4.80 Å². The fraction of sp³-hybridized carbons (Fsp3) is 0.241. The van der Waals surface area contributed by atoms with Gasteiger partial charge in [-0.05, 0) is 31.9 Å². The maximum atomic E-state index is 14.0. The van der Waals surface area contributed by atoms with Crippen LogP contribution in [0.3, 0.4) is 0 Å². The quantitative estimate of drug-likeness (QED) is 0.472. The number of hydrogen-bond acceptors (Lipinski definition) is 6. The predicted molar refractivity (Wildman–Crippen MR) is 145 cm³/mol. The SMILES string of the molecule is CCCN1C(=O)C(=c2sc3n(c2=O)C(C=Cc2ccccc2)C(C(=O)OCC)=C(C)N=3)c2ccccc21. The first-order valence-corrected chi connectivity index (χ1v) is 13.1. The average molecular weight is 514 g/mol. The lowest BCUT2D eigenvalue weighted by atomic mass is 10.0. The number of ether oxygens (including phenoxy) is 1. The van der Waals surface area contributed by atoms with Crippen LogP contribution in [0.1, 0.15) is 44.4 Å². The maximum absolute atomic E-state index is 14.0. The number of carbonyl (C=O) groups excluding carboxylic acids is 2. The Labute approximate surface area is 218 Å². The number of thiazole rings is 1. The fourth-order valence-corrected chi connectivity index (χ4v) is 5.92. The second kappa shape index (κ2) is 10.1. The van der Waals surface area contributed by atoms with Gasteiger partial charge in [0.2, 0.25) is 0 Å². The van der Waals surface area contributed by atoms with Gasteiger partial charge < -0.3 is 9.64 Å². The topological polar surface area (TPSA) is 81.0 Å². The van der Waals surface area contributed by atoms with Gasteiger partial charge in [0.05, 0.1) is 35.2 Å². The van der Waals surface area contributed by atoms with Gasteiger partial charge >= 0.3 is 5.97 Å². The van der Waals surface area contributed by atoms with Crippen molar-refractivity contribution >= 4 is 40.5 Å². The van der Waals surface area contributed by atoms with E-state index in [1.807, 2.05) is 73.7 Å². The lowest BCUT2D eigenvalue weighted by Gasteiger charge is -2.21. The Morgan fingerprint density at radius 2 is 1.81 bits per heavy atom. The molecule has 1 aromatic heterocycles. The van der Waals surface area contributed by atoms with Gasteiger partial charge in [0, 0.05) is 12.1 Å². The highest BCUT2D eigenvalue weighted by Crippen LogP contribution is 2.35. The normalized spacial score (nSPS) is 18.2. The van der Waals surface area contributed by atoms with Crippen molar-refractivity contribution in [3.05, 3.63) is 103 Å². The van der Waals surface area contributed by atoms with E-state index >= 15 is 0 Å². The third-order valence-corrected chi connectivity index (χ3v) is 7.46. The van der Waals surface area contributed by atoms with Gasteiger partial charge in [-0.3, -0.25) is 14.2 Å². The molecule has 0 N–H and O–H groups in total. The summed E-state index contributed by atoms with van der Waals surface area (Å²) in [5.41, 5.74) is 3.31. The molecule has 2 aliphatic heterocycles. The number of fused-ring (bicyclic) bond motifs is 2. The maximum Gasteiger partial charge on any atom is 0.338 e. The minimum atomic E-state index is -0.719. The number of rotatable bonds is 6. The summed E-state index contributed by atoms with van der Waals surface area (Å²) in [6.07, 6.45) is 4.49. The Bertz CT molecular complexity index is 1630. The van der Waals surface area contributed by atoms with Crippen LogP contribution >= 0.6 is 11.3 Å². The molecule has 0 aliphatic carbocycles. The van der Waals surface area contributed by atoms with Crippen LogP contribution in [0.4, 0.5) is 5.69 Å². The molecule has 8 heteroatoms. The van der Waals surface area contributed by atoms with Crippen LogP contribution in [0.15, 0.2) is 81.7 Å². The second-order valence-electron chi connectivity index (χ2n) is 8.78. The molecule has 0 saturated carbocycles. The lowest BCUT2D eigenvalue weighted by Crippen LogP contribution is -2.40. The molecule has 7 nitrogen and oxygen atoms in total. The smallest absolute Gasteiger partial charge is 0.338 e. The summed E-state index contributed by atoms with van der Waals surface area (Å²) in [7, 11) is 0. The molecule has 37 heavy (non-hydrogen) atoms. The molecule has 3 aromatic rings. The largest absolute Gasteiger partial charge is 0.463 e. The van der Waals surface area contributed by atoms with Crippen molar-refractivity contribution in [3.63, 3.8) is 0 Å². The fourth-order valence-electron chi connectivity index (χ4n) is 4.78. The Kier molecular flexibility index (Phi) is 6.76. The lowest BCUT2D eigenvalue weighted by molar-refractivity contribution is -0.139. The number of benzene rings is 2. The summed E-state index contributed by atoms with van der Waals surface area (Å²) in [6.45, 7) is 6.27. The van der Waals surface area contributed by atoms with Crippen molar-refractivity contribution in [1.82, 2.24) is 4.57 Å². The molecule has 0 fully saturated rings.